The molecule has 10 rings (SSSR count). The normalized spacial score (nSPS) is 16.2. The zero-order valence-corrected chi connectivity index (χ0v) is 41.7. The molecule has 2 heterocycles. The second kappa shape index (κ2) is 20.3. The van der Waals surface area contributed by atoms with E-state index in [9.17, 15) is 0 Å². The lowest BCUT2D eigenvalue weighted by Gasteiger charge is -2.32. The number of rotatable bonds is 10. The molecule has 8 aromatic carbocycles. The second-order valence-electron chi connectivity index (χ2n) is 20.1. The lowest BCUT2D eigenvalue weighted by atomic mass is 9.76. The zero-order valence-electron chi connectivity index (χ0n) is 41.7. The summed E-state index contributed by atoms with van der Waals surface area (Å²) < 4.78 is 25.3. The predicted molar refractivity (Wildman–Crippen MR) is 293 cm³/mol. The van der Waals surface area contributed by atoms with Gasteiger partial charge in [-0.3, -0.25) is 0 Å². The molecule has 0 saturated carbocycles. The molecule has 2 fully saturated rings. The third kappa shape index (κ3) is 10.2. The van der Waals surface area contributed by atoms with Gasteiger partial charge in [0.25, 0.3) is 0 Å². The van der Waals surface area contributed by atoms with E-state index in [0.717, 1.165) is 22.1 Å². The maximum atomic E-state index is 6.38. The van der Waals surface area contributed by atoms with Crippen molar-refractivity contribution in [1.82, 2.24) is 0 Å². The van der Waals surface area contributed by atoms with E-state index < -0.39 is 7.12 Å². The minimum atomic E-state index is -0.408. The molecular weight excluding hydrogens is 854 g/mol. The Morgan fingerprint density at radius 2 is 0.471 bits per heavy atom. The summed E-state index contributed by atoms with van der Waals surface area (Å²) in [5, 5.41) is 0. The molecule has 8 aromatic rings. The van der Waals surface area contributed by atoms with Crippen molar-refractivity contribution < 1.29 is 18.6 Å². The lowest BCUT2D eigenvalue weighted by molar-refractivity contribution is 0.00578. The first-order valence-corrected chi connectivity index (χ1v) is 24.4. The Bertz CT molecular complexity index is 2940. The topological polar surface area (TPSA) is 36.9 Å². The minimum absolute atomic E-state index is 0.362. The van der Waals surface area contributed by atoms with Gasteiger partial charge in [-0.1, -0.05) is 231 Å². The van der Waals surface area contributed by atoms with Crippen molar-refractivity contribution in [2.45, 2.75) is 77.8 Å². The van der Waals surface area contributed by atoms with Crippen molar-refractivity contribution >= 4 is 47.5 Å². The van der Waals surface area contributed by atoms with E-state index in [4.69, 9.17) is 18.6 Å². The average molecular weight is 917 g/mol. The van der Waals surface area contributed by atoms with E-state index >= 15 is 0 Å². The molecule has 2 saturated heterocycles. The van der Waals surface area contributed by atoms with Gasteiger partial charge in [-0.25, -0.2) is 0 Å². The summed E-state index contributed by atoms with van der Waals surface area (Å²) >= 11 is 0. The number of hydrogen-bond donors (Lipinski definition) is 0. The maximum Gasteiger partial charge on any atom is 0.494 e. The van der Waals surface area contributed by atoms with Crippen molar-refractivity contribution in [3.63, 3.8) is 0 Å². The molecule has 0 aliphatic carbocycles. The van der Waals surface area contributed by atoms with Crippen molar-refractivity contribution in [2.75, 3.05) is 0 Å². The van der Waals surface area contributed by atoms with Gasteiger partial charge in [0.05, 0.1) is 22.4 Å². The van der Waals surface area contributed by atoms with Crippen LogP contribution in [0.25, 0.3) is 22.3 Å². The standard InChI is InChI=1S/2C32H31BO2/c1-31(2)32(3,4)35-33(34-31)28-22-14-21-27(23-28)30(26-19-12-7-13-20-26)29(24-15-8-5-9-16-24)25-17-10-6-11-18-25;1-31(2)32(3,4)35-33(34-31)28-22-20-27(21-23-28)30(26-18-12-7-13-19-26)29(24-14-8-5-9-15-24)25-16-10-6-11-17-25/h2*5-23H,1-4H3. The molecule has 0 unspecified atom stereocenters. The van der Waals surface area contributed by atoms with Crippen LogP contribution in [0.3, 0.4) is 0 Å². The highest BCUT2D eigenvalue weighted by Gasteiger charge is 2.52. The Kier molecular flexibility index (Phi) is 14.0. The Labute approximate surface area is 417 Å². The van der Waals surface area contributed by atoms with Gasteiger partial charge in [0.2, 0.25) is 0 Å². The van der Waals surface area contributed by atoms with Gasteiger partial charge in [-0.15, -0.1) is 0 Å². The van der Waals surface area contributed by atoms with Gasteiger partial charge in [-0.05, 0) is 133 Å². The SMILES string of the molecule is CC1(C)OB(c2ccc(C(=C(c3ccccc3)c3ccccc3)c3ccccc3)cc2)OC1(C)C.CC1(C)OB(c2cccc(C(=C(c3ccccc3)c3ccccc3)c3ccccc3)c2)OC1(C)C. The molecule has 6 heteroatoms. The molecule has 0 radical (unpaired) electrons. The summed E-state index contributed by atoms with van der Waals surface area (Å²) in [6, 6.07) is 81.0. The second-order valence-corrected chi connectivity index (χ2v) is 20.1. The van der Waals surface area contributed by atoms with Crippen LogP contribution in [0.4, 0.5) is 0 Å². The third-order valence-electron chi connectivity index (χ3n) is 14.3. The highest BCUT2D eigenvalue weighted by atomic mass is 16.7. The van der Waals surface area contributed by atoms with Crippen molar-refractivity contribution in [1.29, 1.82) is 0 Å². The van der Waals surface area contributed by atoms with Gasteiger partial charge in [0, 0.05) is 0 Å². The monoisotopic (exact) mass is 916 g/mol. The fourth-order valence-corrected chi connectivity index (χ4v) is 9.06. The fraction of sp³-hybridized carbons (Fsp3) is 0.188. The Hall–Kier alpha value is -6.79. The molecule has 348 valence electrons. The molecule has 70 heavy (non-hydrogen) atoms. The Morgan fingerprint density at radius 1 is 0.243 bits per heavy atom. The van der Waals surface area contributed by atoms with Crippen LogP contribution in [0.2, 0.25) is 0 Å². The molecule has 0 amide bonds. The van der Waals surface area contributed by atoms with Gasteiger partial charge in [0.15, 0.2) is 0 Å². The number of benzene rings is 8. The van der Waals surface area contributed by atoms with Gasteiger partial charge < -0.3 is 18.6 Å². The minimum Gasteiger partial charge on any atom is -0.399 e. The molecule has 0 spiro atoms. The maximum absolute atomic E-state index is 6.38. The fourth-order valence-electron chi connectivity index (χ4n) is 9.06. The zero-order chi connectivity index (χ0) is 48.9. The van der Waals surface area contributed by atoms with Crippen LogP contribution >= 0.6 is 0 Å². The summed E-state index contributed by atoms with van der Waals surface area (Å²) in [6.07, 6.45) is 0. The van der Waals surface area contributed by atoms with Crippen LogP contribution in [-0.2, 0) is 18.6 Å². The summed E-state index contributed by atoms with van der Waals surface area (Å²) in [7, 11) is -0.783. The van der Waals surface area contributed by atoms with Crippen LogP contribution in [-0.4, -0.2) is 36.6 Å². The van der Waals surface area contributed by atoms with E-state index in [1.807, 2.05) is 0 Å². The summed E-state index contributed by atoms with van der Waals surface area (Å²) in [4.78, 5) is 0. The van der Waals surface area contributed by atoms with Gasteiger partial charge in [0.1, 0.15) is 0 Å². The molecule has 2 aliphatic rings. The van der Waals surface area contributed by atoms with Gasteiger partial charge in [-0.2, -0.15) is 0 Å². The van der Waals surface area contributed by atoms with E-state index in [1.54, 1.807) is 0 Å². The van der Waals surface area contributed by atoms with Crippen LogP contribution < -0.4 is 10.9 Å². The largest absolute Gasteiger partial charge is 0.494 e. The molecule has 4 nitrogen and oxygen atoms in total. The van der Waals surface area contributed by atoms with Gasteiger partial charge >= 0.3 is 14.2 Å². The first-order chi connectivity index (χ1) is 33.7. The van der Waals surface area contributed by atoms with E-state index in [-0.39, 0.29) is 29.5 Å². The van der Waals surface area contributed by atoms with Crippen LogP contribution in [0.15, 0.2) is 231 Å². The van der Waals surface area contributed by atoms with E-state index in [2.05, 4.69) is 286 Å². The summed E-state index contributed by atoms with van der Waals surface area (Å²) in [5.74, 6) is 0. The smallest absolute Gasteiger partial charge is 0.399 e. The van der Waals surface area contributed by atoms with E-state index in [0.29, 0.717) is 0 Å². The van der Waals surface area contributed by atoms with Crippen LogP contribution in [0.5, 0.6) is 0 Å². The van der Waals surface area contributed by atoms with Crippen molar-refractivity contribution in [2.24, 2.45) is 0 Å². The highest BCUT2D eigenvalue weighted by Crippen LogP contribution is 2.41. The summed E-state index contributed by atoms with van der Waals surface area (Å²) in [6.45, 7) is 16.7. The molecule has 0 N–H and O–H groups in total. The predicted octanol–water partition coefficient (Wildman–Crippen LogP) is 14.0. The molecule has 2 aliphatic heterocycles. The first-order valence-electron chi connectivity index (χ1n) is 24.4. The van der Waals surface area contributed by atoms with Crippen LogP contribution in [0.1, 0.15) is 99.9 Å². The lowest BCUT2D eigenvalue weighted by Crippen LogP contribution is -2.41. The summed E-state index contributed by atoms with van der Waals surface area (Å²) in [5.41, 5.74) is 14.7. The molecule has 0 bridgehead atoms. The number of hydrogen-bond acceptors (Lipinski definition) is 4. The Morgan fingerprint density at radius 3 is 0.757 bits per heavy atom. The third-order valence-corrected chi connectivity index (χ3v) is 14.3. The van der Waals surface area contributed by atoms with Crippen LogP contribution in [0, 0.1) is 0 Å². The quantitative estimate of drug-likeness (QED) is 0.101. The van der Waals surface area contributed by atoms with Crippen molar-refractivity contribution in [3.05, 3.63) is 275 Å². The first kappa shape index (κ1) is 48.2. The molecule has 0 atom stereocenters. The average Bonchev–Trinajstić information content (AvgIpc) is 3.75. The molecular formula is C64H62B2O4. The molecule has 0 aromatic heterocycles. The van der Waals surface area contributed by atoms with E-state index in [1.165, 1.54) is 55.7 Å². The van der Waals surface area contributed by atoms with Crippen molar-refractivity contribution in [3.8, 4) is 0 Å². The highest BCUT2D eigenvalue weighted by molar-refractivity contribution is 6.62. The Balaban J connectivity index is 0.000000174.